The summed E-state index contributed by atoms with van der Waals surface area (Å²) in [4.78, 5) is 15.1. The third-order valence-electron chi connectivity index (χ3n) is 4.47. The first-order valence-corrected chi connectivity index (χ1v) is 8.14. The van der Waals surface area contributed by atoms with Crippen LogP contribution >= 0.6 is 0 Å². The van der Waals surface area contributed by atoms with E-state index < -0.39 is 5.92 Å². The van der Waals surface area contributed by atoms with E-state index in [0.717, 1.165) is 11.3 Å². The molecule has 1 atom stereocenters. The number of nitrogens with zero attached hydrogens (tertiary/aromatic N) is 1. The zero-order valence-corrected chi connectivity index (χ0v) is 14.0. The van der Waals surface area contributed by atoms with Gasteiger partial charge in [-0.2, -0.15) is 0 Å². The standard InChI is InChI=1S/C19H22FNO3/c1-19(2)13-23-11-9-21(19)18(22)17(12-16-4-3-10-24-16)14-5-7-15(20)8-6-14/h3-8,10,17H,9,11-13H2,1-2H3. The monoisotopic (exact) mass is 331 g/mol. The molecule has 5 heteroatoms. The minimum Gasteiger partial charge on any atom is -0.469 e. The quantitative estimate of drug-likeness (QED) is 0.862. The summed E-state index contributed by atoms with van der Waals surface area (Å²) < 4.78 is 24.2. The average molecular weight is 331 g/mol. The normalized spacial score (nSPS) is 18.4. The van der Waals surface area contributed by atoms with E-state index >= 15 is 0 Å². The smallest absolute Gasteiger partial charge is 0.231 e. The molecule has 1 aromatic carbocycles. The van der Waals surface area contributed by atoms with E-state index in [-0.39, 0.29) is 17.3 Å². The molecular weight excluding hydrogens is 309 g/mol. The molecule has 1 aliphatic rings. The summed E-state index contributed by atoms with van der Waals surface area (Å²) >= 11 is 0. The number of morpholine rings is 1. The number of rotatable bonds is 4. The predicted octanol–water partition coefficient (Wildman–Crippen LogP) is 3.38. The summed E-state index contributed by atoms with van der Waals surface area (Å²) in [5.41, 5.74) is 0.427. The van der Waals surface area contributed by atoms with Crippen molar-refractivity contribution in [3.8, 4) is 0 Å². The molecule has 0 radical (unpaired) electrons. The maximum Gasteiger partial charge on any atom is 0.231 e. The Morgan fingerprint density at radius 3 is 2.67 bits per heavy atom. The number of furan rings is 1. The molecule has 128 valence electrons. The highest BCUT2D eigenvalue weighted by Crippen LogP contribution is 2.29. The van der Waals surface area contributed by atoms with Crippen molar-refractivity contribution in [3.05, 3.63) is 59.8 Å². The summed E-state index contributed by atoms with van der Waals surface area (Å²) in [7, 11) is 0. The summed E-state index contributed by atoms with van der Waals surface area (Å²) in [6, 6.07) is 9.79. The van der Waals surface area contributed by atoms with Crippen molar-refractivity contribution < 1.29 is 18.3 Å². The van der Waals surface area contributed by atoms with Crippen LogP contribution in [0.1, 0.15) is 31.1 Å². The highest BCUT2D eigenvalue weighted by Gasteiger charge is 2.38. The molecule has 0 spiro atoms. The molecule has 1 unspecified atom stereocenters. The lowest BCUT2D eigenvalue weighted by atomic mass is 9.90. The van der Waals surface area contributed by atoms with Gasteiger partial charge in [-0.15, -0.1) is 0 Å². The number of benzene rings is 1. The molecule has 0 saturated carbocycles. The van der Waals surface area contributed by atoms with E-state index in [1.165, 1.54) is 12.1 Å². The Morgan fingerprint density at radius 2 is 2.04 bits per heavy atom. The number of hydrogen-bond donors (Lipinski definition) is 0. The fourth-order valence-corrected chi connectivity index (χ4v) is 3.13. The molecule has 24 heavy (non-hydrogen) atoms. The topological polar surface area (TPSA) is 42.7 Å². The van der Waals surface area contributed by atoms with Gasteiger partial charge < -0.3 is 14.1 Å². The van der Waals surface area contributed by atoms with E-state index in [2.05, 4.69) is 0 Å². The van der Waals surface area contributed by atoms with Crippen LogP contribution in [0.25, 0.3) is 0 Å². The van der Waals surface area contributed by atoms with Crippen LogP contribution in [0.5, 0.6) is 0 Å². The number of carbonyl (C=O) groups excluding carboxylic acids is 1. The lowest BCUT2D eigenvalue weighted by molar-refractivity contribution is -0.148. The van der Waals surface area contributed by atoms with E-state index in [4.69, 9.17) is 9.15 Å². The summed E-state index contributed by atoms with van der Waals surface area (Å²) in [6.45, 7) is 5.60. The SMILES string of the molecule is CC1(C)COCCN1C(=O)C(Cc1ccco1)c1ccc(F)cc1. The average Bonchev–Trinajstić information content (AvgIpc) is 3.06. The predicted molar refractivity (Wildman–Crippen MR) is 88.2 cm³/mol. The number of halogens is 1. The lowest BCUT2D eigenvalue weighted by Gasteiger charge is -2.43. The molecule has 1 amide bonds. The third-order valence-corrected chi connectivity index (χ3v) is 4.47. The first-order chi connectivity index (χ1) is 11.5. The second-order valence-electron chi connectivity index (χ2n) is 6.74. The van der Waals surface area contributed by atoms with E-state index in [9.17, 15) is 9.18 Å². The molecule has 1 saturated heterocycles. The fraction of sp³-hybridized carbons (Fsp3) is 0.421. The maximum atomic E-state index is 13.3. The van der Waals surface area contributed by atoms with Gasteiger partial charge in [-0.25, -0.2) is 4.39 Å². The van der Waals surface area contributed by atoms with Crippen molar-refractivity contribution in [2.75, 3.05) is 19.8 Å². The Kier molecular flexibility index (Phi) is 4.71. The van der Waals surface area contributed by atoms with Crippen molar-refractivity contribution in [2.24, 2.45) is 0 Å². The van der Waals surface area contributed by atoms with Gasteiger partial charge in [0.1, 0.15) is 11.6 Å². The van der Waals surface area contributed by atoms with Crippen LogP contribution in [0.15, 0.2) is 47.1 Å². The summed E-state index contributed by atoms with van der Waals surface area (Å²) in [5.74, 6) is 0.0406. The van der Waals surface area contributed by atoms with Crippen molar-refractivity contribution in [2.45, 2.75) is 31.7 Å². The Balaban J connectivity index is 1.91. The number of hydrogen-bond acceptors (Lipinski definition) is 3. The molecule has 1 aromatic heterocycles. The molecular formula is C19H22FNO3. The van der Waals surface area contributed by atoms with Crippen LogP contribution < -0.4 is 0 Å². The van der Waals surface area contributed by atoms with E-state index in [1.54, 1.807) is 24.5 Å². The Bertz CT molecular complexity index is 679. The zero-order chi connectivity index (χ0) is 17.2. The molecule has 2 aromatic rings. The first-order valence-electron chi connectivity index (χ1n) is 8.14. The third kappa shape index (κ3) is 3.51. The van der Waals surface area contributed by atoms with Crippen molar-refractivity contribution in [1.29, 1.82) is 0 Å². The van der Waals surface area contributed by atoms with Gasteiger partial charge in [-0.1, -0.05) is 12.1 Å². The highest BCUT2D eigenvalue weighted by molar-refractivity contribution is 5.84. The largest absolute Gasteiger partial charge is 0.469 e. The lowest BCUT2D eigenvalue weighted by Crippen LogP contribution is -2.56. The highest BCUT2D eigenvalue weighted by atomic mass is 19.1. The van der Waals surface area contributed by atoms with Gasteiger partial charge in [0.2, 0.25) is 5.91 Å². The van der Waals surface area contributed by atoms with Crippen LogP contribution in [-0.2, 0) is 16.0 Å². The van der Waals surface area contributed by atoms with Crippen molar-refractivity contribution >= 4 is 5.91 Å². The number of carbonyl (C=O) groups is 1. The fourth-order valence-electron chi connectivity index (χ4n) is 3.13. The second-order valence-corrected chi connectivity index (χ2v) is 6.74. The Morgan fingerprint density at radius 1 is 1.29 bits per heavy atom. The Labute approximate surface area is 141 Å². The molecule has 1 aliphatic heterocycles. The number of ether oxygens (including phenoxy) is 1. The summed E-state index contributed by atoms with van der Waals surface area (Å²) in [5, 5.41) is 0. The number of amides is 1. The summed E-state index contributed by atoms with van der Waals surface area (Å²) in [6.07, 6.45) is 2.05. The van der Waals surface area contributed by atoms with Crippen LogP contribution in [0.3, 0.4) is 0 Å². The maximum absolute atomic E-state index is 13.3. The zero-order valence-electron chi connectivity index (χ0n) is 14.0. The molecule has 3 rings (SSSR count). The van der Waals surface area contributed by atoms with Crippen LogP contribution in [0, 0.1) is 5.82 Å². The van der Waals surface area contributed by atoms with Crippen LogP contribution in [-0.4, -0.2) is 36.1 Å². The molecule has 0 bridgehead atoms. The molecule has 2 heterocycles. The Hall–Kier alpha value is -2.14. The van der Waals surface area contributed by atoms with Gasteiger partial charge in [0.15, 0.2) is 0 Å². The van der Waals surface area contributed by atoms with Gasteiger partial charge in [0.05, 0.1) is 30.9 Å². The molecule has 4 nitrogen and oxygen atoms in total. The first kappa shape index (κ1) is 16.7. The van der Waals surface area contributed by atoms with Crippen molar-refractivity contribution in [1.82, 2.24) is 4.90 Å². The van der Waals surface area contributed by atoms with E-state index in [1.807, 2.05) is 24.8 Å². The van der Waals surface area contributed by atoms with Crippen LogP contribution in [0.4, 0.5) is 4.39 Å². The minimum absolute atomic E-state index is 0.0197. The minimum atomic E-state index is -0.408. The van der Waals surface area contributed by atoms with Gasteiger partial charge in [-0.3, -0.25) is 4.79 Å². The molecule has 0 N–H and O–H groups in total. The second kappa shape index (κ2) is 6.77. The van der Waals surface area contributed by atoms with Gasteiger partial charge >= 0.3 is 0 Å². The van der Waals surface area contributed by atoms with Crippen LogP contribution in [0.2, 0.25) is 0 Å². The van der Waals surface area contributed by atoms with Gasteiger partial charge in [-0.05, 0) is 43.7 Å². The van der Waals surface area contributed by atoms with E-state index in [0.29, 0.717) is 26.2 Å². The molecule has 1 fully saturated rings. The molecule has 0 aliphatic carbocycles. The van der Waals surface area contributed by atoms with Gasteiger partial charge in [0, 0.05) is 13.0 Å². The van der Waals surface area contributed by atoms with Crippen molar-refractivity contribution in [3.63, 3.8) is 0 Å². The van der Waals surface area contributed by atoms with Gasteiger partial charge in [0.25, 0.3) is 0 Å².